The standard InChI is InChI=1S/C19H18ClFN2O2/c20-15-3-7-17(8-4-15)22-18(24)13-9-11-23(12-10-13)19(25)14-1-5-16(21)6-2-14/h1-8,13H,9-12H2,(H,22,24). The summed E-state index contributed by atoms with van der Waals surface area (Å²) in [5.74, 6) is -0.671. The smallest absolute Gasteiger partial charge is 0.253 e. The number of nitrogens with one attached hydrogen (secondary N) is 1. The monoisotopic (exact) mass is 360 g/mol. The number of hydrogen-bond donors (Lipinski definition) is 1. The minimum absolute atomic E-state index is 0.0452. The van der Waals surface area contributed by atoms with Crippen LogP contribution in [0.3, 0.4) is 0 Å². The van der Waals surface area contributed by atoms with Crippen molar-refractivity contribution in [3.63, 3.8) is 0 Å². The van der Waals surface area contributed by atoms with E-state index in [2.05, 4.69) is 5.32 Å². The third kappa shape index (κ3) is 4.37. The van der Waals surface area contributed by atoms with Crippen LogP contribution in [0.5, 0.6) is 0 Å². The number of carbonyl (C=O) groups excluding carboxylic acids is 2. The molecule has 0 bridgehead atoms. The van der Waals surface area contributed by atoms with Gasteiger partial charge >= 0.3 is 0 Å². The van der Waals surface area contributed by atoms with Crippen LogP contribution in [0.4, 0.5) is 10.1 Å². The Morgan fingerprint density at radius 2 is 1.60 bits per heavy atom. The molecule has 2 amide bonds. The number of carbonyl (C=O) groups is 2. The first kappa shape index (κ1) is 17.4. The Morgan fingerprint density at radius 1 is 1.00 bits per heavy atom. The summed E-state index contributed by atoms with van der Waals surface area (Å²) in [7, 11) is 0. The van der Waals surface area contributed by atoms with Crippen LogP contribution >= 0.6 is 11.6 Å². The van der Waals surface area contributed by atoms with Crippen molar-refractivity contribution in [2.45, 2.75) is 12.8 Å². The fraction of sp³-hybridized carbons (Fsp3) is 0.263. The Labute approximate surface area is 150 Å². The van der Waals surface area contributed by atoms with E-state index < -0.39 is 0 Å². The van der Waals surface area contributed by atoms with Gasteiger partial charge in [0, 0.05) is 35.3 Å². The predicted octanol–water partition coefficient (Wildman–Crippen LogP) is 3.97. The molecule has 0 unspecified atom stereocenters. The van der Waals surface area contributed by atoms with Crippen molar-refractivity contribution >= 4 is 29.1 Å². The molecule has 1 saturated heterocycles. The zero-order valence-corrected chi connectivity index (χ0v) is 14.3. The molecule has 6 heteroatoms. The molecule has 130 valence electrons. The van der Waals surface area contributed by atoms with Crippen molar-refractivity contribution in [2.24, 2.45) is 5.92 Å². The summed E-state index contributed by atoms with van der Waals surface area (Å²) in [5.41, 5.74) is 1.17. The van der Waals surface area contributed by atoms with E-state index in [9.17, 15) is 14.0 Å². The van der Waals surface area contributed by atoms with E-state index in [-0.39, 0.29) is 23.5 Å². The number of halogens is 2. The maximum absolute atomic E-state index is 13.0. The van der Waals surface area contributed by atoms with Crippen molar-refractivity contribution in [1.82, 2.24) is 4.90 Å². The van der Waals surface area contributed by atoms with E-state index >= 15 is 0 Å². The molecule has 2 aromatic rings. The molecule has 1 heterocycles. The lowest BCUT2D eigenvalue weighted by Crippen LogP contribution is -2.41. The maximum Gasteiger partial charge on any atom is 0.253 e. The molecule has 0 spiro atoms. The van der Waals surface area contributed by atoms with Gasteiger partial charge < -0.3 is 10.2 Å². The number of hydrogen-bond acceptors (Lipinski definition) is 2. The van der Waals surface area contributed by atoms with Gasteiger partial charge in [0.1, 0.15) is 5.82 Å². The molecular weight excluding hydrogens is 343 g/mol. The number of likely N-dealkylation sites (tertiary alicyclic amines) is 1. The number of rotatable bonds is 3. The molecule has 0 aromatic heterocycles. The fourth-order valence-electron chi connectivity index (χ4n) is 2.90. The molecule has 0 atom stereocenters. The van der Waals surface area contributed by atoms with Crippen LogP contribution in [0, 0.1) is 11.7 Å². The summed E-state index contributed by atoms with van der Waals surface area (Å²) >= 11 is 5.83. The van der Waals surface area contributed by atoms with E-state index in [0.29, 0.717) is 42.2 Å². The molecule has 0 aliphatic carbocycles. The van der Waals surface area contributed by atoms with Crippen LogP contribution < -0.4 is 5.32 Å². The van der Waals surface area contributed by atoms with Crippen LogP contribution in [0.25, 0.3) is 0 Å². The molecule has 3 rings (SSSR count). The zero-order valence-electron chi connectivity index (χ0n) is 13.5. The third-order valence-electron chi connectivity index (χ3n) is 4.36. The molecule has 0 saturated carbocycles. The fourth-order valence-corrected chi connectivity index (χ4v) is 3.02. The van der Waals surface area contributed by atoms with Crippen molar-refractivity contribution in [3.05, 3.63) is 64.9 Å². The quantitative estimate of drug-likeness (QED) is 0.900. The Kier molecular flexibility index (Phi) is 5.34. The van der Waals surface area contributed by atoms with Crippen molar-refractivity contribution < 1.29 is 14.0 Å². The first-order valence-corrected chi connectivity index (χ1v) is 8.52. The molecule has 1 N–H and O–H groups in total. The predicted molar refractivity (Wildman–Crippen MR) is 95.1 cm³/mol. The first-order valence-electron chi connectivity index (χ1n) is 8.14. The van der Waals surface area contributed by atoms with Gasteiger partial charge in [0.05, 0.1) is 0 Å². The second-order valence-electron chi connectivity index (χ2n) is 6.07. The Bertz CT molecular complexity index is 754. The summed E-state index contributed by atoms with van der Waals surface area (Å²) in [6.45, 7) is 1.02. The summed E-state index contributed by atoms with van der Waals surface area (Å²) in [4.78, 5) is 26.5. The lowest BCUT2D eigenvalue weighted by molar-refractivity contribution is -0.121. The maximum atomic E-state index is 13.0. The molecule has 1 fully saturated rings. The highest BCUT2D eigenvalue weighted by atomic mass is 35.5. The van der Waals surface area contributed by atoms with Gasteiger partial charge in [0.25, 0.3) is 5.91 Å². The van der Waals surface area contributed by atoms with Crippen LogP contribution in [-0.2, 0) is 4.79 Å². The van der Waals surface area contributed by atoms with Gasteiger partial charge in [-0.2, -0.15) is 0 Å². The zero-order chi connectivity index (χ0) is 17.8. The first-order chi connectivity index (χ1) is 12.0. The molecule has 1 aliphatic rings. The van der Waals surface area contributed by atoms with Crippen molar-refractivity contribution in [3.8, 4) is 0 Å². The normalized spacial score (nSPS) is 15.0. The third-order valence-corrected chi connectivity index (χ3v) is 4.61. The summed E-state index contributed by atoms with van der Waals surface area (Å²) in [5, 5.41) is 3.49. The minimum Gasteiger partial charge on any atom is -0.339 e. The lowest BCUT2D eigenvalue weighted by atomic mass is 9.95. The minimum atomic E-state index is -0.367. The van der Waals surface area contributed by atoms with E-state index in [1.165, 1.54) is 24.3 Å². The Balaban J connectivity index is 1.54. The SMILES string of the molecule is O=C(Nc1ccc(Cl)cc1)C1CCN(C(=O)c2ccc(F)cc2)CC1. The van der Waals surface area contributed by atoms with Gasteiger partial charge in [-0.25, -0.2) is 4.39 Å². The van der Waals surface area contributed by atoms with Crippen LogP contribution in [-0.4, -0.2) is 29.8 Å². The van der Waals surface area contributed by atoms with E-state index in [1.54, 1.807) is 29.2 Å². The Morgan fingerprint density at radius 3 is 2.20 bits per heavy atom. The van der Waals surface area contributed by atoms with Gasteiger partial charge in [-0.3, -0.25) is 9.59 Å². The van der Waals surface area contributed by atoms with Crippen molar-refractivity contribution in [2.75, 3.05) is 18.4 Å². The number of amides is 2. The average molecular weight is 361 g/mol. The summed E-state index contributed by atoms with van der Waals surface area (Å²) in [6.07, 6.45) is 1.21. The number of nitrogens with zero attached hydrogens (tertiary/aromatic N) is 1. The second kappa shape index (κ2) is 7.66. The van der Waals surface area contributed by atoms with Gasteiger partial charge in [-0.05, 0) is 61.4 Å². The summed E-state index contributed by atoms with van der Waals surface area (Å²) in [6, 6.07) is 12.5. The highest BCUT2D eigenvalue weighted by Gasteiger charge is 2.27. The van der Waals surface area contributed by atoms with E-state index in [1.807, 2.05) is 0 Å². The van der Waals surface area contributed by atoms with E-state index in [4.69, 9.17) is 11.6 Å². The second-order valence-corrected chi connectivity index (χ2v) is 6.51. The molecule has 0 radical (unpaired) electrons. The Hall–Kier alpha value is -2.40. The van der Waals surface area contributed by atoms with Crippen LogP contribution in [0.2, 0.25) is 5.02 Å². The van der Waals surface area contributed by atoms with Crippen LogP contribution in [0.1, 0.15) is 23.2 Å². The van der Waals surface area contributed by atoms with E-state index in [0.717, 1.165) is 0 Å². The molecule has 1 aliphatic heterocycles. The largest absolute Gasteiger partial charge is 0.339 e. The summed E-state index contributed by atoms with van der Waals surface area (Å²) < 4.78 is 13.0. The van der Waals surface area contributed by atoms with Gasteiger partial charge in [-0.1, -0.05) is 11.6 Å². The highest BCUT2D eigenvalue weighted by Crippen LogP contribution is 2.22. The van der Waals surface area contributed by atoms with Gasteiger partial charge in [-0.15, -0.1) is 0 Å². The highest BCUT2D eigenvalue weighted by molar-refractivity contribution is 6.30. The van der Waals surface area contributed by atoms with Crippen LogP contribution in [0.15, 0.2) is 48.5 Å². The van der Waals surface area contributed by atoms with Crippen molar-refractivity contribution in [1.29, 1.82) is 0 Å². The topological polar surface area (TPSA) is 49.4 Å². The van der Waals surface area contributed by atoms with Gasteiger partial charge in [0.2, 0.25) is 5.91 Å². The molecule has 4 nitrogen and oxygen atoms in total. The van der Waals surface area contributed by atoms with Gasteiger partial charge in [0.15, 0.2) is 0 Å². The number of benzene rings is 2. The molecule has 25 heavy (non-hydrogen) atoms. The average Bonchev–Trinajstić information content (AvgIpc) is 2.64. The number of anilines is 1. The molecule has 2 aromatic carbocycles. The molecular formula is C19H18ClFN2O2. The lowest BCUT2D eigenvalue weighted by Gasteiger charge is -2.31. The number of piperidine rings is 1.